The molecule has 0 amide bonds. The van der Waals surface area contributed by atoms with Gasteiger partial charge in [-0.15, -0.1) is 0 Å². The largest absolute Gasteiger partial charge is 0.0648 e. The fourth-order valence-electron chi connectivity index (χ4n) is 2.70. The van der Waals surface area contributed by atoms with E-state index in [1.165, 1.54) is 29.2 Å². The van der Waals surface area contributed by atoms with Crippen molar-refractivity contribution in [2.24, 2.45) is 5.41 Å². The molecule has 0 fully saturated rings. The Morgan fingerprint density at radius 3 is 2.22 bits per heavy atom. The van der Waals surface area contributed by atoms with Crippen LogP contribution in [0.2, 0.25) is 0 Å². The first-order chi connectivity index (χ1) is 8.49. The highest BCUT2D eigenvalue weighted by Gasteiger charge is 2.18. The fourth-order valence-corrected chi connectivity index (χ4v) is 2.70. The lowest BCUT2D eigenvalue weighted by atomic mass is 9.80. The Bertz CT molecular complexity index is 517. The molecule has 1 unspecified atom stereocenters. The monoisotopic (exact) mass is 240 g/mol. The summed E-state index contributed by atoms with van der Waals surface area (Å²) in [5, 5.41) is 2.70. The molecule has 0 saturated heterocycles. The van der Waals surface area contributed by atoms with Gasteiger partial charge in [-0.2, -0.15) is 0 Å². The van der Waals surface area contributed by atoms with Gasteiger partial charge in [0.2, 0.25) is 0 Å². The third-order valence-corrected chi connectivity index (χ3v) is 3.60. The topological polar surface area (TPSA) is 0 Å². The first-order valence-corrected chi connectivity index (χ1v) is 6.98. The third kappa shape index (κ3) is 3.13. The summed E-state index contributed by atoms with van der Waals surface area (Å²) in [4.78, 5) is 0. The molecule has 0 aliphatic carbocycles. The molecule has 96 valence electrons. The van der Waals surface area contributed by atoms with Crippen molar-refractivity contribution in [3.05, 3.63) is 48.0 Å². The molecule has 0 radical (unpaired) electrons. The minimum atomic E-state index is 0.395. The van der Waals surface area contributed by atoms with Crippen molar-refractivity contribution in [1.29, 1.82) is 0 Å². The maximum Gasteiger partial charge on any atom is -0.0159 e. The molecule has 0 nitrogen and oxygen atoms in total. The lowest BCUT2D eigenvalue weighted by molar-refractivity contribution is 0.335. The van der Waals surface area contributed by atoms with E-state index in [4.69, 9.17) is 0 Å². The zero-order valence-corrected chi connectivity index (χ0v) is 12.0. The molecular weight excluding hydrogens is 216 g/mol. The summed E-state index contributed by atoms with van der Waals surface area (Å²) in [6.45, 7) is 9.29. The van der Waals surface area contributed by atoms with Gasteiger partial charge < -0.3 is 0 Å². The molecule has 2 aromatic rings. The van der Waals surface area contributed by atoms with Crippen LogP contribution < -0.4 is 0 Å². The minimum Gasteiger partial charge on any atom is -0.0648 e. The molecule has 2 rings (SSSR count). The maximum atomic E-state index is 2.37. The van der Waals surface area contributed by atoms with Crippen LogP contribution in [0.1, 0.15) is 52.0 Å². The van der Waals surface area contributed by atoms with E-state index in [0.717, 1.165) is 0 Å². The van der Waals surface area contributed by atoms with Crippen LogP contribution in [-0.2, 0) is 0 Å². The molecular formula is C18H24. The predicted octanol–water partition coefficient (Wildman–Crippen LogP) is 5.77. The molecule has 0 saturated carbocycles. The molecule has 0 heterocycles. The second-order valence-electron chi connectivity index (χ2n) is 6.48. The van der Waals surface area contributed by atoms with Gasteiger partial charge in [-0.25, -0.2) is 0 Å². The molecule has 1 atom stereocenters. The van der Waals surface area contributed by atoms with Crippen molar-refractivity contribution in [3.8, 4) is 0 Å². The van der Waals surface area contributed by atoms with Crippen molar-refractivity contribution in [1.82, 2.24) is 0 Å². The van der Waals surface area contributed by atoms with Crippen LogP contribution >= 0.6 is 0 Å². The summed E-state index contributed by atoms with van der Waals surface area (Å²) in [7, 11) is 0. The van der Waals surface area contributed by atoms with E-state index in [9.17, 15) is 0 Å². The van der Waals surface area contributed by atoms with Crippen molar-refractivity contribution in [3.63, 3.8) is 0 Å². The Hall–Kier alpha value is -1.30. The smallest absolute Gasteiger partial charge is 0.0159 e. The molecule has 0 N–H and O–H groups in total. The van der Waals surface area contributed by atoms with Gasteiger partial charge in [-0.1, -0.05) is 70.2 Å². The van der Waals surface area contributed by atoms with Crippen molar-refractivity contribution >= 4 is 10.8 Å². The van der Waals surface area contributed by atoms with Gasteiger partial charge in [0.15, 0.2) is 0 Å². The van der Waals surface area contributed by atoms with Crippen LogP contribution in [0.5, 0.6) is 0 Å². The van der Waals surface area contributed by atoms with E-state index < -0.39 is 0 Å². The average molecular weight is 240 g/mol. The van der Waals surface area contributed by atoms with Crippen LogP contribution in [-0.4, -0.2) is 0 Å². The van der Waals surface area contributed by atoms with Crippen LogP contribution in [0, 0.1) is 5.41 Å². The molecule has 0 aromatic heterocycles. The highest BCUT2D eigenvalue weighted by molar-refractivity contribution is 5.83. The highest BCUT2D eigenvalue weighted by Crippen LogP contribution is 2.34. The van der Waals surface area contributed by atoms with E-state index in [-0.39, 0.29) is 0 Å². The standard InChI is InChI=1S/C18H24/c1-5-14(13-18(2,3)4)17-11-10-15-8-6-7-9-16(15)12-17/h6-12,14H,5,13H2,1-4H3. The quantitative estimate of drug-likeness (QED) is 0.639. The Labute approximate surface area is 111 Å². The molecule has 18 heavy (non-hydrogen) atoms. The van der Waals surface area contributed by atoms with Crippen LogP contribution in [0.3, 0.4) is 0 Å². The van der Waals surface area contributed by atoms with Crippen molar-refractivity contribution in [2.45, 2.75) is 46.5 Å². The number of hydrogen-bond donors (Lipinski definition) is 0. The second kappa shape index (κ2) is 5.14. The lowest BCUT2D eigenvalue weighted by Gasteiger charge is -2.25. The minimum absolute atomic E-state index is 0.395. The van der Waals surface area contributed by atoms with Crippen LogP contribution in [0.15, 0.2) is 42.5 Å². The SMILES string of the molecule is CCC(CC(C)(C)C)c1ccc2ccccc2c1. The number of rotatable bonds is 3. The van der Waals surface area contributed by atoms with E-state index in [1.807, 2.05) is 0 Å². The maximum absolute atomic E-state index is 2.37. The zero-order chi connectivity index (χ0) is 13.2. The second-order valence-corrected chi connectivity index (χ2v) is 6.48. The molecule has 0 spiro atoms. The van der Waals surface area contributed by atoms with E-state index in [0.29, 0.717) is 11.3 Å². The normalized spacial score (nSPS) is 13.8. The summed E-state index contributed by atoms with van der Waals surface area (Å²) in [5.41, 5.74) is 1.89. The van der Waals surface area contributed by atoms with Crippen LogP contribution in [0.4, 0.5) is 0 Å². The Balaban J connectivity index is 2.33. The van der Waals surface area contributed by atoms with Gasteiger partial charge in [0.1, 0.15) is 0 Å². The average Bonchev–Trinajstić information content (AvgIpc) is 2.34. The van der Waals surface area contributed by atoms with E-state index >= 15 is 0 Å². The summed E-state index contributed by atoms with van der Waals surface area (Å²) in [6, 6.07) is 15.6. The lowest BCUT2D eigenvalue weighted by Crippen LogP contribution is -2.11. The van der Waals surface area contributed by atoms with Gasteiger partial charge in [0.05, 0.1) is 0 Å². The van der Waals surface area contributed by atoms with Gasteiger partial charge >= 0.3 is 0 Å². The fraction of sp³-hybridized carbons (Fsp3) is 0.444. The Kier molecular flexibility index (Phi) is 3.75. The zero-order valence-electron chi connectivity index (χ0n) is 12.0. The Morgan fingerprint density at radius 2 is 1.61 bits per heavy atom. The van der Waals surface area contributed by atoms with Gasteiger partial charge in [0, 0.05) is 0 Å². The predicted molar refractivity (Wildman–Crippen MR) is 81.1 cm³/mol. The number of fused-ring (bicyclic) bond motifs is 1. The summed E-state index contributed by atoms with van der Waals surface area (Å²) in [5.74, 6) is 0.676. The van der Waals surface area contributed by atoms with Crippen molar-refractivity contribution < 1.29 is 0 Å². The van der Waals surface area contributed by atoms with Crippen molar-refractivity contribution in [2.75, 3.05) is 0 Å². The third-order valence-electron chi connectivity index (χ3n) is 3.60. The molecule has 0 aliphatic heterocycles. The van der Waals surface area contributed by atoms with Gasteiger partial charge in [-0.3, -0.25) is 0 Å². The summed E-state index contributed by atoms with van der Waals surface area (Å²) < 4.78 is 0. The van der Waals surface area contributed by atoms with E-state index in [1.54, 1.807) is 0 Å². The summed E-state index contributed by atoms with van der Waals surface area (Å²) >= 11 is 0. The molecule has 2 aromatic carbocycles. The Morgan fingerprint density at radius 1 is 0.944 bits per heavy atom. The first-order valence-electron chi connectivity index (χ1n) is 6.98. The summed E-state index contributed by atoms with van der Waals surface area (Å²) in [6.07, 6.45) is 2.47. The van der Waals surface area contributed by atoms with Gasteiger partial charge in [0.25, 0.3) is 0 Å². The van der Waals surface area contributed by atoms with Gasteiger partial charge in [-0.05, 0) is 40.5 Å². The van der Waals surface area contributed by atoms with E-state index in [2.05, 4.69) is 70.2 Å². The van der Waals surface area contributed by atoms with Crippen LogP contribution in [0.25, 0.3) is 10.8 Å². The first kappa shape index (κ1) is 13.1. The number of hydrogen-bond acceptors (Lipinski definition) is 0. The number of benzene rings is 2. The molecule has 0 bridgehead atoms. The molecule has 0 aliphatic rings. The molecule has 0 heteroatoms. The highest BCUT2D eigenvalue weighted by atomic mass is 14.2.